The van der Waals surface area contributed by atoms with Crippen LogP contribution in [0, 0.1) is 13.8 Å². The zero-order chi connectivity index (χ0) is 38.9. The third kappa shape index (κ3) is 4.83. The molecule has 13 aromatic rings. The Hall–Kier alpha value is -7.06. The highest BCUT2D eigenvalue weighted by Gasteiger charge is 2.16. The molecule has 59 heavy (non-hydrogen) atoms. The molecule has 0 nitrogen and oxygen atoms in total. The molecule has 0 amide bonds. The Morgan fingerprint density at radius 1 is 0.271 bits per heavy atom. The van der Waals surface area contributed by atoms with E-state index in [2.05, 4.69) is 196 Å². The Morgan fingerprint density at radius 3 is 1.03 bits per heavy atom. The van der Waals surface area contributed by atoms with Gasteiger partial charge in [0, 0.05) is 20.2 Å². The molecule has 0 aliphatic carbocycles. The summed E-state index contributed by atoms with van der Waals surface area (Å²) in [7, 11) is 0. The second-order valence-electron chi connectivity index (χ2n) is 16.5. The van der Waals surface area contributed by atoms with Crippen molar-refractivity contribution < 1.29 is 0 Å². The first-order valence-electron chi connectivity index (χ1n) is 20.6. The molecule has 1 heterocycles. The SMILES string of the molecule is Cc1cc(-c2ccc3ccc4cccc5ccc2c3c45)ccc1-c1ccc2sc3ccc(-c4ccc(-c5ccc6ccc7cccc8ccc5c6c78)cc4C)cc3c2c1. The van der Waals surface area contributed by atoms with Crippen molar-refractivity contribution in [3.63, 3.8) is 0 Å². The van der Waals surface area contributed by atoms with E-state index < -0.39 is 0 Å². The molecule has 1 heteroatoms. The molecule has 0 radical (unpaired) electrons. The molecule has 274 valence electrons. The maximum atomic E-state index is 2.42. The van der Waals surface area contributed by atoms with Crippen LogP contribution in [-0.2, 0) is 0 Å². The monoisotopic (exact) mass is 764 g/mol. The fourth-order valence-electron chi connectivity index (χ4n) is 10.4. The molecule has 0 atom stereocenters. The van der Waals surface area contributed by atoms with E-state index in [4.69, 9.17) is 0 Å². The van der Waals surface area contributed by atoms with Gasteiger partial charge >= 0.3 is 0 Å². The van der Waals surface area contributed by atoms with E-state index in [9.17, 15) is 0 Å². The van der Waals surface area contributed by atoms with E-state index in [1.54, 1.807) is 0 Å². The summed E-state index contributed by atoms with van der Waals surface area (Å²) in [6, 6.07) is 68.8. The van der Waals surface area contributed by atoms with Crippen LogP contribution in [0.15, 0.2) is 182 Å². The topological polar surface area (TPSA) is 0 Å². The molecular formula is C58H36S. The van der Waals surface area contributed by atoms with Crippen LogP contribution >= 0.6 is 11.3 Å². The summed E-state index contributed by atoms with van der Waals surface area (Å²) < 4.78 is 2.65. The Bertz CT molecular complexity index is 3580. The second-order valence-corrected chi connectivity index (χ2v) is 17.6. The number of benzene rings is 12. The van der Waals surface area contributed by atoms with E-state index in [-0.39, 0.29) is 0 Å². The molecule has 0 unspecified atom stereocenters. The van der Waals surface area contributed by atoms with Crippen molar-refractivity contribution in [2.75, 3.05) is 0 Å². The molecule has 0 aliphatic rings. The van der Waals surface area contributed by atoms with Crippen LogP contribution in [0.1, 0.15) is 11.1 Å². The quantitative estimate of drug-likeness (QED) is 0.157. The maximum absolute atomic E-state index is 2.42. The number of hydrogen-bond donors (Lipinski definition) is 0. The van der Waals surface area contributed by atoms with Gasteiger partial charge in [-0.3, -0.25) is 0 Å². The number of aryl methyl sites for hydroxylation is 2. The van der Waals surface area contributed by atoms with Crippen LogP contribution in [0.4, 0.5) is 0 Å². The van der Waals surface area contributed by atoms with Gasteiger partial charge in [-0.15, -0.1) is 11.3 Å². The minimum Gasteiger partial charge on any atom is -0.135 e. The summed E-state index contributed by atoms with van der Waals surface area (Å²) in [5, 5.41) is 18.5. The minimum atomic E-state index is 1.26. The summed E-state index contributed by atoms with van der Waals surface area (Å²) in [4.78, 5) is 0. The first kappa shape index (κ1) is 33.0. The fourth-order valence-corrected chi connectivity index (χ4v) is 11.5. The average Bonchev–Trinajstić information content (AvgIpc) is 3.64. The number of rotatable bonds is 4. The van der Waals surface area contributed by atoms with E-state index in [0.717, 1.165) is 0 Å². The first-order valence-corrected chi connectivity index (χ1v) is 21.4. The van der Waals surface area contributed by atoms with Crippen molar-refractivity contribution in [1.82, 2.24) is 0 Å². The molecule has 0 saturated carbocycles. The Morgan fingerprint density at radius 2 is 0.610 bits per heavy atom. The van der Waals surface area contributed by atoms with Crippen molar-refractivity contribution in [1.29, 1.82) is 0 Å². The summed E-state index contributed by atoms with van der Waals surface area (Å²) in [5.74, 6) is 0. The highest BCUT2D eigenvalue weighted by molar-refractivity contribution is 7.25. The van der Waals surface area contributed by atoms with Crippen molar-refractivity contribution in [3.8, 4) is 44.5 Å². The number of thiophene rings is 1. The predicted octanol–water partition coefficient (Wildman–Crippen LogP) is 17.1. The van der Waals surface area contributed by atoms with Gasteiger partial charge in [0.2, 0.25) is 0 Å². The molecule has 0 fully saturated rings. The van der Waals surface area contributed by atoms with Crippen molar-refractivity contribution in [2.45, 2.75) is 13.8 Å². The van der Waals surface area contributed by atoms with Crippen LogP contribution in [0.2, 0.25) is 0 Å². The van der Waals surface area contributed by atoms with Gasteiger partial charge in [0.15, 0.2) is 0 Å². The van der Waals surface area contributed by atoms with Gasteiger partial charge in [0.05, 0.1) is 0 Å². The van der Waals surface area contributed by atoms with Crippen LogP contribution in [0.3, 0.4) is 0 Å². The van der Waals surface area contributed by atoms with E-state index in [1.165, 1.54) is 140 Å². The van der Waals surface area contributed by atoms with Gasteiger partial charge in [0.25, 0.3) is 0 Å². The van der Waals surface area contributed by atoms with Gasteiger partial charge in [-0.1, -0.05) is 158 Å². The normalized spacial score (nSPS) is 12.2. The fraction of sp³-hybridized carbons (Fsp3) is 0.0345. The lowest BCUT2D eigenvalue weighted by molar-refractivity contribution is 1.46. The third-order valence-corrected chi connectivity index (χ3v) is 14.4. The Labute approximate surface area is 345 Å². The molecular weight excluding hydrogens is 729 g/mol. The third-order valence-electron chi connectivity index (χ3n) is 13.2. The molecule has 0 aliphatic heterocycles. The maximum Gasteiger partial charge on any atom is 0.0355 e. The highest BCUT2D eigenvalue weighted by atomic mass is 32.1. The zero-order valence-electron chi connectivity index (χ0n) is 32.7. The summed E-state index contributed by atoms with van der Waals surface area (Å²) in [6.45, 7) is 4.52. The number of fused-ring (bicyclic) bond motifs is 3. The van der Waals surface area contributed by atoms with E-state index >= 15 is 0 Å². The van der Waals surface area contributed by atoms with Crippen molar-refractivity contribution >= 4 is 96.1 Å². The highest BCUT2D eigenvalue weighted by Crippen LogP contribution is 2.44. The Kier molecular flexibility index (Phi) is 6.83. The molecule has 1 aromatic heterocycles. The van der Waals surface area contributed by atoms with Gasteiger partial charge in [-0.05, 0) is 158 Å². The second kappa shape index (κ2) is 12.2. The van der Waals surface area contributed by atoms with Crippen molar-refractivity contribution in [3.05, 3.63) is 193 Å². The summed E-state index contributed by atoms with van der Waals surface area (Å²) in [6.07, 6.45) is 0. The molecule has 12 aromatic carbocycles. The van der Waals surface area contributed by atoms with Crippen LogP contribution in [0.25, 0.3) is 129 Å². The lowest BCUT2D eigenvalue weighted by Crippen LogP contribution is -1.89. The standard InChI is InChI=1S/C58H36S/c1-33-29-41(47-23-13-39-11-9-35-5-3-7-37-15-25-49(47)57(39)55(35)37)17-21-45(33)43-19-27-53-51(31-43)52-32-44(20-28-54(52)59-53)46-22-18-42(30-34(46)2)48-24-14-40-12-10-36-6-4-8-38-16-26-50(48)58(40)56(36)38/h3-32H,1-2H3. The van der Waals surface area contributed by atoms with Gasteiger partial charge in [-0.2, -0.15) is 0 Å². The molecule has 13 rings (SSSR count). The van der Waals surface area contributed by atoms with Crippen LogP contribution in [0.5, 0.6) is 0 Å². The lowest BCUT2D eigenvalue weighted by Gasteiger charge is -2.15. The molecule has 0 saturated heterocycles. The minimum absolute atomic E-state index is 1.26. The largest absolute Gasteiger partial charge is 0.135 e. The molecule has 0 spiro atoms. The van der Waals surface area contributed by atoms with Gasteiger partial charge in [-0.25, -0.2) is 0 Å². The van der Waals surface area contributed by atoms with Gasteiger partial charge < -0.3 is 0 Å². The van der Waals surface area contributed by atoms with Crippen LogP contribution in [-0.4, -0.2) is 0 Å². The number of hydrogen-bond acceptors (Lipinski definition) is 1. The summed E-state index contributed by atoms with van der Waals surface area (Å²) in [5.41, 5.74) is 12.7. The van der Waals surface area contributed by atoms with E-state index in [1.807, 2.05) is 11.3 Å². The predicted molar refractivity (Wildman–Crippen MR) is 258 cm³/mol. The summed E-state index contributed by atoms with van der Waals surface area (Å²) >= 11 is 1.89. The molecule has 0 bridgehead atoms. The van der Waals surface area contributed by atoms with Crippen LogP contribution < -0.4 is 0 Å². The van der Waals surface area contributed by atoms with E-state index in [0.29, 0.717) is 0 Å². The Balaban J connectivity index is 0.871. The van der Waals surface area contributed by atoms with Crippen molar-refractivity contribution in [2.24, 2.45) is 0 Å². The van der Waals surface area contributed by atoms with Gasteiger partial charge in [0.1, 0.15) is 0 Å². The first-order chi connectivity index (χ1) is 29.0. The average molecular weight is 765 g/mol. The zero-order valence-corrected chi connectivity index (χ0v) is 33.5. The molecule has 0 N–H and O–H groups in total. The smallest absolute Gasteiger partial charge is 0.0355 e. The lowest BCUT2D eigenvalue weighted by atomic mass is 9.88.